The van der Waals surface area contributed by atoms with Crippen LogP contribution in [-0.2, 0) is 0 Å². The molecule has 0 aliphatic heterocycles. The van der Waals surface area contributed by atoms with Gasteiger partial charge in [-0.05, 0) is 0 Å². The molecule has 0 radical (unpaired) electrons. The van der Waals surface area contributed by atoms with E-state index in [9.17, 15) is 0 Å². The Hall–Kier alpha value is 0.250. The van der Waals surface area contributed by atoms with Gasteiger partial charge in [-0.25, -0.2) is 0 Å². The lowest BCUT2D eigenvalue weighted by atomic mass is 11.0. The highest BCUT2D eigenvalue weighted by molar-refractivity contribution is 3.59. The average Bonchev–Trinajstić information content (AvgIpc) is 0.722. The topological polar surface area (TPSA) is 4.44 Å². The number of nitrogens with one attached hydrogen (secondary N) is 1. The van der Waals surface area contributed by atoms with Crippen LogP contribution in [0.3, 0.4) is 0 Å². The number of hydrogen-bond acceptors (Lipinski definition) is 0. The van der Waals surface area contributed by atoms with Crippen molar-refractivity contribution in [2.45, 2.75) is 0 Å². The largest absolute Gasteiger partial charge is 1.00 e. The number of hydrogen-bond donors (Lipinski definition) is 1. The second-order valence-corrected chi connectivity index (χ2v) is 1.34. The van der Waals surface area contributed by atoms with Crippen LogP contribution in [0.15, 0.2) is 0 Å². The predicted molar refractivity (Wildman–Crippen MR) is 18.7 cm³/mol. The highest BCUT2D eigenvalue weighted by Crippen LogP contribution is 0.864. The van der Waals surface area contributed by atoms with Crippen molar-refractivity contribution >= 4 is 0 Å². The molecular formula is C3H10ClN. The fourth-order valence-electron chi connectivity index (χ4n) is 0. The molecular weight excluding hydrogens is 85.5 g/mol. The molecule has 0 heterocycles. The van der Waals surface area contributed by atoms with Gasteiger partial charge in [0, 0.05) is 0 Å². The third kappa shape index (κ3) is 344. The van der Waals surface area contributed by atoms with E-state index in [1.807, 2.05) is 0 Å². The van der Waals surface area contributed by atoms with Crippen molar-refractivity contribution in [3.05, 3.63) is 0 Å². The van der Waals surface area contributed by atoms with E-state index in [1.54, 1.807) is 21.1 Å². The van der Waals surface area contributed by atoms with Gasteiger partial charge in [0.2, 0.25) is 0 Å². The first kappa shape index (κ1) is 5.25. The SMILES string of the molecule is [2H][N+](C)(C)C.[Cl-]. The third-order valence-electron chi connectivity index (χ3n) is 0. The van der Waals surface area contributed by atoms with E-state index in [0.29, 0.717) is 0 Å². The molecule has 0 spiro atoms. The molecule has 5 heavy (non-hydrogen) atoms. The maximum absolute atomic E-state index is 6.88. The van der Waals surface area contributed by atoms with Gasteiger partial charge < -0.3 is 17.3 Å². The van der Waals surface area contributed by atoms with Crippen molar-refractivity contribution in [2.24, 2.45) is 0 Å². The monoisotopic (exact) mass is 96.1 g/mol. The molecule has 0 amide bonds. The van der Waals surface area contributed by atoms with Crippen LogP contribution in [0.1, 0.15) is 0 Å². The second-order valence-electron chi connectivity index (χ2n) is 1.34. The van der Waals surface area contributed by atoms with Gasteiger partial charge in [0.05, 0.1) is 21.1 Å². The van der Waals surface area contributed by atoms with Gasteiger partial charge in [0.15, 0.2) is 0 Å². The first-order valence-electron chi connectivity index (χ1n) is 1.79. The minimum Gasteiger partial charge on any atom is -1.00 e. The van der Waals surface area contributed by atoms with Gasteiger partial charge in [-0.1, -0.05) is 0 Å². The number of halogens is 1. The molecule has 2 heteroatoms. The summed E-state index contributed by atoms with van der Waals surface area (Å²) in [6.07, 6.45) is 0. The molecule has 34 valence electrons. The van der Waals surface area contributed by atoms with Crippen LogP contribution in [0.25, 0.3) is 0 Å². The molecule has 1 N–H and O–H groups in total. The zero-order valence-corrected chi connectivity index (χ0v) is 4.58. The molecule has 0 aliphatic rings. The summed E-state index contributed by atoms with van der Waals surface area (Å²) in [6, 6.07) is 0. The fraction of sp³-hybridized carbons (Fsp3) is 1.00. The van der Waals surface area contributed by atoms with E-state index in [1.165, 1.54) is 0 Å². The Morgan fingerprint density at radius 3 is 1.40 bits per heavy atom. The molecule has 0 unspecified atom stereocenters. The lowest BCUT2D eigenvalue weighted by Crippen LogP contribution is -3.02. The summed E-state index contributed by atoms with van der Waals surface area (Å²) < 4.78 is 6.88. The molecule has 0 saturated heterocycles. The summed E-state index contributed by atoms with van der Waals surface area (Å²) in [7, 11) is 5.38. The number of rotatable bonds is 0. The lowest BCUT2D eigenvalue weighted by Gasteiger charge is -1.88. The Bertz CT molecular complexity index is 26.3. The highest BCUT2D eigenvalue weighted by Gasteiger charge is 1.61. The van der Waals surface area contributed by atoms with Crippen molar-refractivity contribution in [3.63, 3.8) is 0 Å². The Kier molecular flexibility index (Phi) is 4.46. The summed E-state index contributed by atoms with van der Waals surface area (Å²) in [5.41, 5.74) is 0. The van der Waals surface area contributed by atoms with Gasteiger partial charge in [-0.15, -0.1) is 0 Å². The summed E-state index contributed by atoms with van der Waals surface area (Å²) in [5.74, 6) is 0. The first-order chi connectivity index (χ1) is 2.00. The minimum atomic E-state index is 0. The summed E-state index contributed by atoms with van der Waals surface area (Å²) in [5, 5.41) is 0. The molecule has 0 aliphatic carbocycles. The maximum atomic E-state index is 6.88. The molecule has 0 rings (SSSR count). The lowest BCUT2D eigenvalue weighted by molar-refractivity contribution is -0.836. The molecule has 0 aromatic carbocycles. The molecule has 0 bridgehead atoms. The molecule has 1 nitrogen and oxygen atoms in total. The van der Waals surface area contributed by atoms with Gasteiger partial charge in [-0.3, -0.25) is 0 Å². The Labute approximate surface area is 40.8 Å². The Balaban J connectivity index is 0. The third-order valence-corrected chi connectivity index (χ3v) is 0. The van der Waals surface area contributed by atoms with Crippen LogP contribution in [0.4, 0.5) is 0 Å². The van der Waals surface area contributed by atoms with E-state index in [4.69, 9.17) is 1.41 Å². The van der Waals surface area contributed by atoms with Crippen LogP contribution in [-0.4, -0.2) is 21.1 Å². The van der Waals surface area contributed by atoms with Crippen LogP contribution in [0.2, 0.25) is 1.41 Å². The van der Waals surface area contributed by atoms with Crippen LogP contribution in [0, 0.1) is 0 Å². The highest BCUT2D eigenvalue weighted by atomic mass is 35.5. The molecule has 0 saturated carbocycles. The summed E-state index contributed by atoms with van der Waals surface area (Å²) >= 11 is 0. The van der Waals surface area contributed by atoms with E-state index in [0.717, 1.165) is 0 Å². The van der Waals surface area contributed by atoms with Crippen molar-refractivity contribution < 1.29 is 18.7 Å². The normalized spacial score (nSPS) is 12.2. The van der Waals surface area contributed by atoms with Crippen LogP contribution >= 0.6 is 0 Å². The molecule has 0 atom stereocenters. The van der Waals surface area contributed by atoms with Gasteiger partial charge in [-0.2, -0.15) is 0 Å². The van der Waals surface area contributed by atoms with E-state index < -0.39 is 0 Å². The standard InChI is InChI=1S/C3H9N.ClH/c1-4(2)3;/h1-3H3;1H/i/hD. The summed E-state index contributed by atoms with van der Waals surface area (Å²) in [4.78, 5) is 0.250. The van der Waals surface area contributed by atoms with Crippen LogP contribution in [0.5, 0.6) is 0 Å². The van der Waals surface area contributed by atoms with Crippen molar-refractivity contribution in [1.82, 2.24) is 0 Å². The minimum absolute atomic E-state index is 0. The zero-order valence-electron chi connectivity index (χ0n) is 4.83. The van der Waals surface area contributed by atoms with Crippen LogP contribution < -0.4 is 17.3 Å². The maximum Gasteiger partial charge on any atom is 0.347 e. The fourth-order valence-corrected chi connectivity index (χ4v) is 0. The smallest absolute Gasteiger partial charge is 0.347 e. The van der Waals surface area contributed by atoms with E-state index >= 15 is 0 Å². The van der Waals surface area contributed by atoms with Crippen molar-refractivity contribution in [3.8, 4) is 0 Å². The van der Waals surface area contributed by atoms with Gasteiger partial charge in [0.25, 0.3) is 0 Å². The second kappa shape index (κ2) is 4.25. The molecule has 0 fully saturated rings. The van der Waals surface area contributed by atoms with E-state index in [2.05, 4.69) is 0 Å². The predicted octanol–water partition coefficient (Wildman–Crippen LogP) is -4.24. The first-order valence-corrected chi connectivity index (χ1v) is 1.34. The quantitative estimate of drug-likeness (QED) is 0.312. The molecule has 0 aromatic heterocycles. The van der Waals surface area contributed by atoms with Gasteiger partial charge in [0.1, 0.15) is 0 Å². The average molecular weight is 96.6 g/mol. The zero-order chi connectivity index (χ0) is 4.50. The van der Waals surface area contributed by atoms with Crippen molar-refractivity contribution in [2.75, 3.05) is 21.1 Å². The number of quaternary nitrogens is 1. The van der Waals surface area contributed by atoms with Gasteiger partial charge >= 0.3 is 1.41 Å². The Morgan fingerprint density at radius 1 is 1.40 bits per heavy atom. The molecule has 0 aromatic rings. The van der Waals surface area contributed by atoms with E-state index in [-0.39, 0.29) is 17.3 Å². The van der Waals surface area contributed by atoms with Crippen molar-refractivity contribution in [1.29, 1.82) is 0 Å². The summed E-state index contributed by atoms with van der Waals surface area (Å²) in [6.45, 7) is 0. The Morgan fingerprint density at radius 2 is 1.40 bits per heavy atom.